The number of rotatable bonds is 8. The molecule has 0 unspecified atom stereocenters. The fourth-order valence-corrected chi connectivity index (χ4v) is 2.64. The number of hydrogen-bond acceptors (Lipinski definition) is 4. The number of halogens is 1. The molecule has 8 heteroatoms. The third kappa shape index (κ3) is 6.28. The molecule has 0 aliphatic carbocycles. The highest BCUT2D eigenvalue weighted by Crippen LogP contribution is 2.16. The van der Waals surface area contributed by atoms with E-state index >= 15 is 0 Å². The topological polar surface area (TPSA) is 87.7 Å². The van der Waals surface area contributed by atoms with Crippen LogP contribution in [0, 0.1) is 0 Å². The summed E-state index contributed by atoms with van der Waals surface area (Å²) in [6.45, 7) is 1.75. The molecular weight excluding hydrogens is 382 g/mol. The van der Waals surface area contributed by atoms with Crippen molar-refractivity contribution < 1.29 is 19.1 Å². The molecule has 28 heavy (non-hydrogen) atoms. The molecule has 2 rings (SSSR count). The van der Waals surface area contributed by atoms with E-state index in [0.29, 0.717) is 28.6 Å². The van der Waals surface area contributed by atoms with Gasteiger partial charge in [-0.05, 0) is 37.3 Å². The summed E-state index contributed by atoms with van der Waals surface area (Å²) in [5, 5.41) is 5.69. The SMILES string of the molecule is CCN(CC(=O)Nc1cccc(OC)c1)C(=O)CNC(=O)c1cccc(Cl)c1. The largest absolute Gasteiger partial charge is 0.497 e. The van der Waals surface area contributed by atoms with Gasteiger partial charge in [0.1, 0.15) is 5.75 Å². The van der Waals surface area contributed by atoms with Gasteiger partial charge in [-0.2, -0.15) is 0 Å². The van der Waals surface area contributed by atoms with E-state index in [1.807, 2.05) is 0 Å². The van der Waals surface area contributed by atoms with E-state index in [-0.39, 0.29) is 24.9 Å². The third-order valence-corrected chi connectivity index (χ3v) is 4.14. The Hall–Kier alpha value is -3.06. The smallest absolute Gasteiger partial charge is 0.251 e. The van der Waals surface area contributed by atoms with Crippen molar-refractivity contribution in [3.05, 3.63) is 59.1 Å². The Bertz CT molecular complexity index is 857. The molecule has 0 atom stereocenters. The summed E-state index contributed by atoms with van der Waals surface area (Å²) in [6.07, 6.45) is 0. The lowest BCUT2D eigenvalue weighted by Crippen LogP contribution is -2.43. The van der Waals surface area contributed by atoms with Crippen molar-refractivity contribution in [1.82, 2.24) is 10.2 Å². The first kappa shape index (κ1) is 21.2. The van der Waals surface area contributed by atoms with Gasteiger partial charge >= 0.3 is 0 Å². The fourth-order valence-electron chi connectivity index (χ4n) is 2.45. The quantitative estimate of drug-likeness (QED) is 0.709. The lowest BCUT2D eigenvalue weighted by atomic mass is 10.2. The number of nitrogens with zero attached hydrogens (tertiary/aromatic N) is 1. The van der Waals surface area contributed by atoms with Crippen molar-refractivity contribution >= 4 is 35.0 Å². The number of benzene rings is 2. The molecule has 7 nitrogen and oxygen atoms in total. The molecule has 2 aromatic rings. The number of carbonyl (C=O) groups is 3. The molecule has 0 saturated heterocycles. The summed E-state index contributed by atoms with van der Waals surface area (Å²) in [6, 6.07) is 13.3. The Morgan fingerprint density at radius 1 is 1.11 bits per heavy atom. The number of hydrogen-bond donors (Lipinski definition) is 2. The first-order valence-electron chi connectivity index (χ1n) is 8.68. The first-order valence-corrected chi connectivity index (χ1v) is 9.06. The second-order valence-corrected chi connectivity index (χ2v) is 6.32. The number of methoxy groups -OCH3 is 1. The Labute approximate surface area is 168 Å². The van der Waals surface area contributed by atoms with E-state index < -0.39 is 5.91 Å². The average molecular weight is 404 g/mol. The maximum Gasteiger partial charge on any atom is 0.251 e. The summed E-state index contributed by atoms with van der Waals surface area (Å²) in [5.74, 6) is -0.499. The van der Waals surface area contributed by atoms with Crippen LogP contribution >= 0.6 is 11.6 Å². The van der Waals surface area contributed by atoms with Crippen LogP contribution < -0.4 is 15.4 Å². The van der Waals surface area contributed by atoms with Gasteiger partial charge < -0.3 is 20.3 Å². The highest BCUT2D eigenvalue weighted by Gasteiger charge is 2.17. The predicted octanol–water partition coefficient (Wildman–Crippen LogP) is 2.57. The highest BCUT2D eigenvalue weighted by atomic mass is 35.5. The van der Waals surface area contributed by atoms with E-state index in [0.717, 1.165) is 0 Å². The molecule has 2 aromatic carbocycles. The Balaban J connectivity index is 1.88. The summed E-state index contributed by atoms with van der Waals surface area (Å²) >= 11 is 5.86. The summed E-state index contributed by atoms with van der Waals surface area (Å²) < 4.78 is 5.11. The molecule has 3 amide bonds. The van der Waals surface area contributed by atoms with E-state index in [1.165, 1.54) is 18.1 Å². The standard InChI is InChI=1S/C20H22ClN3O4/c1-3-24(13-18(25)23-16-8-5-9-17(11-16)28-2)19(26)12-22-20(27)14-6-4-7-15(21)10-14/h4-11H,3,12-13H2,1-2H3,(H,22,27)(H,23,25). The second kappa shape index (κ2) is 10.3. The van der Waals surface area contributed by atoms with Gasteiger partial charge in [-0.25, -0.2) is 0 Å². The number of carbonyl (C=O) groups excluding carboxylic acids is 3. The van der Waals surface area contributed by atoms with Crippen LogP contribution in [-0.4, -0.2) is 49.4 Å². The first-order chi connectivity index (χ1) is 13.4. The van der Waals surface area contributed by atoms with Crippen molar-refractivity contribution in [2.24, 2.45) is 0 Å². The molecule has 0 spiro atoms. The van der Waals surface area contributed by atoms with Gasteiger partial charge in [0.2, 0.25) is 11.8 Å². The van der Waals surface area contributed by atoms with Crippen molar-refractivity contribution in [2.45, 2.75) is 6.92 Å². The zero-order valence-electron chi connectivity index (χ0n) is 15.7. The monoisotopic (exact) mass is 403 g/mol. The van der Waals surface area contributed by atoms with Gasteiger partial charge in [0, 0.05) is 28.9 Å². The van der Waals surface area contributed by atoms with Gasteiger partial charge in [-0.1, -0.05) is 23.7 Å². The Kier molecular flexibility index (Phi) is 7.83. The molecule has 148 valence electrons. The van der Waals surface area contributed by atoms with Crippen LogP contribution in [0.25, 0.3) is 0 Å². The van der Waals surface area contributed by atoms with Crippen LogP contribution in [0.3, 0.4) is 0 Å². The lowest BCUT2D eigenvalue weighted by Gasteiger charge is -2.20. The minimum atomic E-state index is -0.410. The number of anilines is 1. The molecule has 2 N–H and O–H groups in total. The zero-order valence-corrected chi connectivity index (χ0v) is 16.5. The van der Waals surface area contributed by atoms with Crippen molar-refractivity contribution in [2.75, 3.05) is 32.1 Å². The molecule has 0 radical (unpaired) electrons. The fraction of sp³-hybridized carbons (Fsp3) is 0.250. The van der Waals surface area contributed by atoms with E-state index in [1.54, 1.807) is 49.4 Å². The predicted molar refractivity (Wildman–Crippen MR) is 108 cm³/mol. The van der Waals surface area contributed by atoms with E-state index in [2.05, 4.69) is 10.6 Å². The van der Waals surface area contributed by atoms with E-state index in [9.17, 15) is 14.4 Å². The van der Waals surface area contributed by atoms with Gasteiger partial charge in [-0.3, -0.25) is 14.4 Å². The minimum Gasteiger partial charge on any atom is -0.497 e. The van der Waals surface area contributed by atoms with Gasteiger partial charge in [0.25, 0.3) is 5.91 Å². The van der Waals surface area contributed by atoms with Crippen LogP contribution in [0.2, 0.25) is 5.02 Å². The molecule has 0 aromatic heterocycles. The van der Waals surface area contributed by atoms with Crippen molar-refractivity contribution in [1.29, 1.82) is 0 Å². The average Bonchev–Trinajstić information content (AvgIpc) is 2.70. The normalized spacial score (nSPS) is 10.1. The van der Waals surface area contributed by atoms with Crippen molar-refractivity contribution in [3.63, 3.8) is 0 Å². The molecule has 0 heterocycles. The molecule has 0 aliphatic heterocycles. The van der Waals surface area contributed by atoms with Gasteiger partial charge in [0.05, 0.1) is 20.2 Å². The molecule has 0 aliphatic rings. The van der Waals surface area contributed by atoms with Crippen LogP contribution in [0.1, 0.15) is 17.3 Å². The number of nitrogens with one attached hydrogen (secondary N) is 2. The van der Waals surface area contributed by atoms with Crippen LogP contribution in [0.5, 0.6) is 5.75 Å². The molecule has 0 fully saturated rings. The zero-order chi connectivity index (χ0) is 20.5. The number of amides is 3. The van der Waals surface area contributed by atoms with Crippen LogP contribution in [0.4, 0.5) is 5.69 Å². The lowest BCUT2D eigenvalue weighted by molar-refractivity contribution is -0.133. The number of likely N-dealkylation sites (N-methyl/N-ethyl adjacent to an activating group) is 1. The summed E-state index contributed by atoms with van der Waals surface area (Å²) in [4.78, 5) is 38.0. The summed E-state index contributed by atoms with van der Waals surface area (Å²) in [7, 11) is 1.54. The molecular formula is C20H22ClN3O4. The number of ether oxygens (including phenoxy) is 1. The Morgan fingerprint density at radius 2 is 1.86 bits per heavy atom. The maximum atomic E-state index is 12.4. The third-order valence-electron chi connectivity index (χ3n) is 3.91. The molecule has 0 saturated carbocycles. The van der Waals surface area contributed by atoms with Crippen LogP contribution in [-0.2, 0) is 9.59 Å². The summed E-state index contributed by atoms with van der Waals surface area (Å²) in [5.41, 5.74) is 0.932. The van der Waals surface area contributed by atoms with E-state index in [4.69, 9.17) is 16.3 Å². The highest BCUT2D eigenvalue weighted by molar-refractivity contribution is 6.31. The van der Waals surface area contributed by atoms with Crippen molar-refractivity contribution in [3.8, 4) is 5.75 Å². The molecule has 0 bridgehead atoms. The van der Waals surface area contributed by atoms with Gasteiger partial charge in [-0.15, -0.1) is 0 Å². The minimum absolute atomic E-state index is 0.125. The second-order valence-electron chi connectivity index (χ2n) is 5.88. The van der Waals surface area contributed by atoms with Gasteiger partial charge in [0.15, 0.2) is 0 Å². The Morgan fingerprint density at radius 3 is 2.54 bits per heavy atom. The maximum absolute atomic E-state index is 12.4. The van der Waals surface area contributed by atoms with Crippen LogP contribution in [0.15, 0.2) is 48.5 Å².